The third kappa shape index (κ3) is 8.76. The predicted molar refractivity (Wildman–Crippen MR) is 173 cm³/mol. The van der Waals surface area contributed by atoms with Gasteiger partial charge in [0.1, 0.15) is 0 Å². The molecule has 0 aromatic carbocycles. The zero-order chi connectivity index (χ0) is 29.4. The van der Waals surface area contributed by atoms with E-state index in [-0.39, 0.29) is 12.2 Å². The lowest BCUT2D eigenvalue weighted by atomic mass is 9.60. The Labute approximate surface area is 244 Å². The van der Waals surface area contributed by atoms with E-state index < -0.39 is 22.2 Å². The Balaban J connectivity index is 1.81. The van der Waals surface area contributed by atoms with Gasteiger partial charge < -0.3 is 14.0 Å². The van der Waals surface area contributed by atoms with Gasteiger partial charge in [-0.3, -0.25) is 0 Å². The molecule has 3 saturated carbocycles. The first-order valence-corrected chi connectivity index (χ1v) is 22.8. The van der Waals surface area contributed by atoms with Crippen molar-refractivity contribution in [1.29, 1.82) is 0 Å². The summed E-state index contributed by atoms with van der Waals surface area (Å²) in [6.07, 6.45) is 15.9. The van der Waals surface area contributed by atoms with E-state index in [4.69, 9.17) is 8.85 Å². The van der Waals surface area contributed by atoms with Crippen LogP contribution >= 0.6 is 0 Å². The summed E-state index contributed by atoms with van der Waals surface area (Å²) in [5, 5.41) is 10.2. The summed E-state index contributed by atoms with van der Waals surface area (Å²) in [7, 11) is -3.41. The summed E-state index contributed by atoms with van der Waals surface area (Å²) < 4.78 is 13.5. The van der Waals surface area contributed by atoms with Crippen molar-refractivity contribution in [2.45, 2.75) is 149 Å². The topological polar surface area (TPSA) is 38.7 Å². The molecule has 0 aromatic rings. The number of aliphatic hydroxyl groups is 1. The lowest BCUT2D eigenvalue weighted by molar-refractivity contribution is 0.0478. The van der Waals surface area contributed by atoms with Crippen LogP contribution in [-0.4, -0.2) is 39.6 Å². The van der Waals surface area contributed by atoms with Crippen molar-refractivity contribution in [2.24, 2.45) is 29.1 Å². The average molecular weight is 575 g/mol. The maximum atomic E-state index is 10.2. The molecule has 0 amide bonds. The fourth-order valence-electron chi connectivity index (χ4n) is 8.05. The zero-order valence-electron chi connectivity index (χ0n) is 27.5. The van der Waals surface area contributed by atoms with Gasteiger partial charge in [0.25, 0.3) is 0 Å². The molecule has 3 aliphatic carbocycles. The van der Waals surface area contributed by atoms with Crippen molar-refractivity contribution in [2.75, 3.05) is 0 Å². The highest BCUT2D eigenvalue weighted by Gasteiger charge is 2.50. The van der Waals surface area contributed by atoms with Gasteiger partial charge >= 0.3 is 0 Å². The highest BCUT2D eigenvalue weighted by atomic mass is 28.4. The minimum absolute atomic E-state index is 0.0497. The van der Waals surface area contributed by atoms with Crippen LogP contribution in [0.3, 0.4) is 0 Å². The summed E-state index contributed by atoms with van der Waals surface area (Å²) in [5.41, 5.74) is 4.05. The van der Waals surface area contributed by atoms with Crippen LogP contribution in [0.25, 0.3) is 0 Å². The Hall–Kier alpha value is -0.466. The van der Waals surface area contributed by atoms with Crippen LogP contribution < -0.4 is 0 Å². The molecule has 0 radical (unpaired) electrons. The Morgan fingerprint density at radius 2 is 1.72 bits per heavy atom. The van der Waals surface area contributed by atoms with Crippen molar-refractivity contribution < 1.29 is 14.0 Å². The monoisotopic (exact) mass is 574 g/mol. The first-order valence-electron chi connectivity index (χ1n) is 16.0. The molecule has 3 nitrogen and oxygen atoms in total. The largest absolute Gasteiger partial charge is 0.414 e. The number of hydrogen-bond acceptors (Lipinski definition) is 3. The van der Waals surface area contributed by atoms with Gasteiger partial charge in [-0.1, -0.05) is 57.9 Å². The number of hydrogen-bond donors (Lipinski definition) is 1. The third-order valence-electron chi connectivity index (χ3n) is 9.90. The van der Waals surface area contributed by atoms with Gasteiger partial charge in [0, 0.05) is 5.92 Å². The standard InChI is InChI=1S/C34H62O3Si2/c1-24(15-13-21-33(4,5)35)29-19-20-30-27(16-14-22-34(29,30)6)17-18-28-23-31(36-38(7,8)9)26(3)32(25(28)2)37-39(10,11)12/h17-18,24,26,29-32,35H,2,13-16,19-23H2,1,3-12H3/b27-17?,28-18-/t24-,26+,29+,30?,31+,32-,34+/m0/s1. The minimum atomic E-state index is -1.73. The molecule has 7 atom stereocenters. The number of rotatable bonds is 10. The van der Waals surface area contributed by atoms with E-state index in [1.54, 1.807) is 5.57 Å². The van der Waals surface area contributed by atoms with Crippen molar-refractivity contribution in [1.82, 2.24) is 0 Å². The van der Waals surface area contributed by atoms with Crippen LogP contribution in [0.4, 0.5) is 0 Å². The molecule has 1 N–H and O–H groups in total. The first-order chi connectivity index (χ1) is 17.8. The molecule has 39 heavy (non-hydrogen) atoms. The number of fused-ring (bicyclic) bond motifs is 1. The second-order valence-corrected chi connectivity index (χ2v) is 25.1. The van der Waals surface area contributed by atoms with E-state index in [2.05, 4.69) is 78.8 Å². The van der Waals surface area contributed by atoms with Crippen LogP contribution in [0.2, 0.25) is 39.3 Å². The summed E-state index contributed by atoms with van der Waals surface area (Å²) in [4.78, 5) is 0. The van der Waals surface area contributed by atoms with Gasteiger partial charge in [-0.15, -0.1) is 0 Å². The highest BCUT2D eigenvalue weighted by molar-refractivity contribution is 6.70. The van der Waals surface area contributed by atoms with Crippen molar-refractivity contribution in [3.8, 4) is 0 Å². The van der Waals surface area contributed by atoms with E-state index in [0.29, 0.717) is 17.3 Å². The Morgan fingerprint density at radius 3 is 2.31 bits per heavy atom. The Bertz CT molecular complexity index is 916. The van der Waals surface area contributed by atoms with E-state index in [9.17, 15) is 5.11 Å². The number of allylic oxidation sites excluding steroid dienone is 3. The molecular formula is C34H62O3Si2. The van der Waals surface area contributed by atoms with Crippen molar-refractivity contribution in [3.05, 3.63) is 35.5 Å². The molecule has 0 aliphatic heterocycles. The smallest absolute Gasteiger partial charge is 0.184 e. The van der Waals surface area contributed by atoms with Gasteiger partial charge in [0.2, 0.25) is 0 Å². The molecule has 0 heterocycles. The van der Waals surface area contributed by atoms with Crippen LogP contribution in [0.1, 0.15) is 92.4 Å². The SMILES string of the molecule is C=C1/C(=C\C=C2CCC[C@@]3(C)C2CC[C@@H]3[C@@H](C)CCCC(C)(C)O)C[C@@H](O[Si](C)(C)C)[C@@H](C)[C@H]1O[Si](C)(C)C. The zero-order valence-corrected chi connectivity index (χ0v) is 29.5. The fourth-order valence-corrected chi connectivity index (χ4v) is 10.4. The van der Waals surface area contributed by atoms with E-state index in [0.717, 1.165) is 31.1 Å². The van der Waals surface area contributed by atoms with Gasteiger partial charge in [0.05, 0.1) is 17.8 Å². The van der Waals surface area contributed by atoms with Crippen LogP contribution in [0.5, 0.6) is 0 Å². The van der Waals surface area contributed by atoms with E-state index >= 15 is 0 Å². The molecule has 1 unspecified atom stereocenters. The molecule has 3 fully saturated rings. The Morgan fingerprint density at radius 1 is 1.08 bits per heavy atom. The predicted octanol–water partition coefficient (Wildman–Crippen LogP) is 9.67. The lowest BCUT2D eigenvalue weighted by Crippen LogP contribution is -2.47. The molecule has 0 spiro atoms. The minimum Gasteiger partial charge on any atom is -0.414 e. The first kappa shape index (κ1) is 33.0. The molecule has 0 saturated heterocycles. The molecule has 5 heteroatoms. The molecule has 3 aliphatic rings. The molecule has 3 rings (SSSR count). The van der Waals surface area contributed by atoms with Crippen molar-refractivity contribution >= 4 is 16.6 Å². The van der Waals surface area contributed by atoms with E-state index in [1.807, 2.05) is 13.8 Å². The quantitative estimate of drug-likeness (QED) is 0.264. The molecule has 224 valence electrons. The molecular weight excluding hydrogens is 513 g/mol. The average Bonchev–Trinajstić information content (AvgIpc) is 3.13. The van der Waals surface area contributed by atoms with Crippen LogP contribution in [0.15, 0.2) is 35.5 Å². The second-order valence-electron chi connectivity index (χ2n) is 16.2. The molecule has 0 aromatic heterocycles. The summed E-state index contributed by atoms with van der Waals surface area (Å²) >= 11 is 0. The molecule has 0 bridgehead atoms. The van der Waals surface area contributed by atoms with Crippen molar-refractivity contribution in [3.63, 3.8) is 0 Å². The van der Waals surface area contributed by atoms with Gasteiger partial charge in [-0.2, -0.15) is 0 Å². The summed E-state index contributed by atoms with van der Waals surface area (Å²) in [6.45, 7) is 29.6. The van der Waals surface area contributed by atoms with Crippen LogP contribution in [0, 0.1) is 29.1 Å². The Kier molecular flexibility index (Phi) is 10.5. The summed E-state index contributed by atoms with van der Waals surface area (Å²) in [6, 6.07) is 0. The van der Waals surface area contributed by atoms with Crippen LogP contribution in [-0.2, 0) is 8.85 Å². The normalized spacial score (nSPS) is 35.5. The van der Waals surface area contributed by atoms with Gasteiger partial charge in [-0.05, 0) is 132 Å². The fraction of sp³-hybridized carbons (Fsp3) is 0.824. The van der Waals surface area contributed by atoms with Gasteiger partial charge in [-0.25, -0.2) is 0 Å². The summed E-state index contributed by atoms with van der Waals surface area (Å²) in [5.74, 6) is 2.53. The maximum Gasteiger partial charge on any atom is 0.184 e. The maximum absolute atomic E-state index is 10.2. The highest BCUT2D eigenvalue weighted by Crippen LogP contribution is 2.60. The van der Waals surface area contributed by atoms with E-state index in [1.165, 1.54) is 49.7 Å². The second kappa shape index (κ2) is 12.4. The van der Waals surface area contributed by atoms with Gasteiger partial charge in [0.15, 0.2) is 16.6 Å². The lowest BCUT2D eigenvalue weighted by Gasteiger charge is -2.45. The third-order valence-corrected chi connectivity index (χ3v) is 11.9.